The SMILES string of the molecule is CN(CC1CCC1)c1nnc(CNC2CC2)o1. The van der Waals surface area contributed by atoms with E-state index in [-0.39, 0.29) is 0 Å². The quantitative estimate of drug-likeness (QED) is 0.812. The maximum Gasteiger partial charge on any atom is 0.317 e. The van der Waals surface area contributed by atoms with Gasteiger partial charge < -0.3 is 14.6 Å². The maximum atomic E-state index is 5.63. The molecule has 1 aromatic heterocycles. The fraction of sp³-hybridized carbons (Fsp3) is 0.833. The van der Waals surface area contributed by atoms with Gasteiger partial charge in [0, 0.05) is 19.6 Å². The highest BCUT2D eigenvalue weighted by Crippen LogP contribution is 2.28. The number of hydrogen-bond donors (Lipinski definition) is 1. The van der Waals surface area contributed by atoms with Crippen molar-refractivity contribution in [3.8, 4) is 0 Å². The first-order valence-electron chi connectivity index (χ1n) is 6.58. The van der Waals surface area contributed by atoms with Gasteiger partial charge >= 0.3 is 6.01 Å². The third-order valence-corrected chi connectivity index (χ3v) is 3.66. The van der Waals surface area contributed by atoms with E-state index < -0.39 is 0 Å². The van der Waals surface area contributed by atoms with Crippen LogP contribution < -0.4 is 10.2 Å². The Labute approximate surface area is 102 Å². The van der Waals surface area contributed by atoms with Crippen LogP contribution in [0.1, 0.15) is 38.0 Å². The molecule has 0 spiro atoms. The molecular formula is C12H20N4O. The molecule has 2 fully saturated rings. The van der Waals surface area contributed by atoms with Crippen molar-refractivity contribution in [3.05, 3.63) is 5.89 Å². The van der Waals surface area contributed by atoms with Gasteiger partial charge in [-0.3, -0.25) is 0 Å². The Morgan fingerprint density at radius 1 is 1.29 bits per heavy atom. The zero-order chi connectivity index (χ0) is 11.7. The number of nitrogens with zero attached hydrogens (tertiary/aromatic N) is 3. The van der Waals surface area contributed by atoms with E-state index in [1.807, 2.05) is 7.05 Å². The van der Waals surface area contributed by atoms with Gasteiger partial charge in [-0.05, 0) is 31.6 Å². The molecule has 2 saturated carbocycles. The van der Waals surface area contributed by atoms with Crippen LogP contribution in [-0.4, -0.2) is 29.8 Å². The summed E-state index contributed by atoms with van der Waals surface area (Å²) in [6.07, 6.45) is 6.62. The van der Waals surface area contributed by atoms with Crippen molar-refractivity contribution >= 4 is 6.01 Å². The molecule has 2 aliphatic carbocycles. The summed E-state index contributed by atoms with van der Waals surface area (Å²) in [4.78, 5) is 2.08. The monoisotopic (exact) mass is 236 g/mol. The second-order valence-corrected chi connectivity index (χ2v) is 5.31. The van der Waals surface area contributed by atoms with Crippen molar-refractivity contribution in [2.45, 2.75) is 44.7 Å². The molecule has 0 atom stereocenters. The molecule has 0 saturated heterocycles. The molecule has 1 heterocycles. The molecule has 0 radical (unpaired) electrons. The Morgan fingerprint density at radius 3 is 2.76 bits per heavy atom. The third kappa shape index (κ3) is 2.77. The van der Waals surface area contributed by atoms with Crippen LogP contribution in [0.2, 0.25) is 0 Å². The summed E-state index contributed by atoms with van der Waals surface area (Å²) < 4.78 is 5.63. The first-order valence-corrected chi connectivity index (χ1v) is 6.58. The number of nitrogens with one attached hydrogen (secondary N) is 1. The average Bonchev–Trinajstić information content (AvgIpc) is 2.98. The van der Waals surface area contributed by atoms with Crippen molar-refractivity contribution in [1.29, 1.82) is 0 Å². The highest BCUT2D eigenvalue weighted by molar-refractivity contribution is 5.22. The van der Waals surface area contributed by atoms with E-state index in [1.54, 1.807) is 0 Å². The van der Waals surface area contributed by atoms with Gasteiger partial charge in [0.15, 0.2) is 0 Å². The summed E-state index contributed by atoms with van der Waals surface area (Å²) in [5, 5.41) is 11.5. The fourth-order valence-electron chi connectivity index (χ4n) is 2.13. The number of aromatic nitrogens is 2. The van der Waals surface area contributed by atoms with Crippen LogP contribution >= 0.6 is 0 Å². The molecule has 1 aromatic rings. The molecule has 0 aromatic carbocycles. The van der Waals surface area contributed by atoms with Crippen molar-refractivity contribution in [3.63, 3.8) is 0 Å². The van der Waals surface area contributed by atoms with Gasteiger partial charge in [-0.1, -0.05) is 11.5 Å². The number of rotatable bonds is 6. The van der Waals surface area contributed by atoms with Crippen LogP contribution in [0, 0.1) is 5.92 Å². The summed E-state index contributed by atoms with van der Waals surface area (Å²) in [5.41, 5.74) is 0. The second kappa shape index (κ2) is 4.64. The normalized spacial score (nSPS) is 20.3. The lowest BCUT2D eigenvalue weighted by molar-refractivity contribution is 0.315. The molecule has 3 rings (SSSR count). The summed E-state index contributed by atoms with van der Waals surface area (Å²) in [6, 6.07) is 1.34. The molecule has 2 aliphatic rings. The average molecular weight is 236 g/mol. The molecule has 0 amide bonds. The summed E-state index contributed by atoms with van der Waals surface area (Å²) in [7, 11) is 2.03. The topological polar surface area (TPSA) is 54.2 Å². The van der Waals surface area contributed by atoms with E-state index in [2.05, 4.69) is 20.4 Å². The minimum Gasteiger partial charge on any atom is -0.407 e. The zero-order valence-corrected chi connectivity index (χ0v) is 10.4. The molecule has 5 nitrogen and oxygen atoms in total. The molecule has 0 bridgehead atoms. The lowest BCUT2D eigenvalue weighted by atomic mass is 9.85. The van der Waals surface area contributed by atoms with Gasteiger partial charge in [0.05, 0.1) is 6.54 Å². The Hall–Kier alpha value is -1.10. The van der Waals surface area contributed by atoms with E-state index in [9.17, 15) is 0 Å². The Kier molecular flexibility index (Phi) is 3.01. The van der Waals surface area contributed by atoms with Crippen LogP contribution in [0.25, 0.3) is 0 Å². The van der Waals surface area contributed by atoms with Gasteiger partial charge in [0.1, 0.15) is 0 Å². The smallest absolute Gasteiger partial charge is 0.317 e. The van der Waals surface area contributed by atoms with Gasteiger partial charge in [-0.25, -0.2) is 0 Å². The van der Waals surface area contributed by atoms with E-state index in [0.29, 0.717) is 24.5 Å². The second-order valence-electron chi connectivity index (χ2n) is 5.31. The van der Waals surface area contributed by atoms with Crippen LogP contribution in [0.3, 0.4) is 0 Å². The molecule has 94 valence electrons. The molecule has 5 heteroatoms. The molecule has 0 aliphatic heterocycles. The predicted octanol–water partition coefficient (Wildman–Crippen LogP) is 1.56. The lowest BCUT2D eigenvalue weighted by Crippen LogP contribution is -2.29. The van der Waals surface area contributed by atoms with E-state index in [4.69, 9.17) is 4.42 Å². The first kappa shape index (κ1) is 11.0. The van der Waals surface area contributed by atoms with E-state index >= 15 is 0 Å². The zero-order valence-electron chi connectivity index (χ0n) is 10.4. The lowest BCUT2D eigenvalue weighted by Gasteiger charge is -2.28. The van der Waals surface area contributed by atoms with Crippen LogP contribution in [0.4, 0.5) is 6.01 Å². The molecule has 17 heavy (non-hydrogen) atoms. The molecular weight excluding hydrogens is 216 g/mol. The minimum absolute atomic E-state index is 0.657. The minimum atomic E-state index is 0.657. The van der Waals surface area contributed by atoms with Gasteiger partial charge in [0.25, 0.3) is 0 Å². The van der Waals surface area contributed by atoms with E-state index in [1.165, 1.54) is 32.1 Å². The van der Waals surface area contributed by atoms with Gasteiger partial charge in [-0.15, -0.1) is 5.10 Å². The number of hydrogen-bond acceptors (Lipinski definition) is 5. The first-order chi connectivity index (χ1) is 8.31. The fourth-order valence-corrected chi connectivity index (χ4v) is 2.13. The summed E-state index contributed by atoms with van der Waals surface area (Å²) in [5.74, 6) is 1.52. The highest BCUT2D eigenvalue weighted by atomic mass is 16.4. The van der Waals surface area contributed by atoms with Crippen molar-refractivity contribution in [2.75, 3.05) is 18.5 Å². The third-order valence-electron chi connectivity index (χ3n) is 3.66. The van der Waals surface area contributed by atoms with E-state index in [0.717, 1.165) is 12.5 Å². The Balaban J connectivity index is 1.50. The van der Waals surface area contributed by atoms with Crippen LogP contribution in [-0.2, 0) is 6.54 Å². The highest BCUT2D eigenvalue weighted by Gasteiger charge is 2.23. The van der Waals surface area contributed by atoms with Crippen LogP contribution in [0.5, 0.6) is 0 Å². The molecule has 0 unspecified atom stereocenters. The predicted molar refractivity (Wildman–Crippen MR) is 64.8 cm³/mol. The summed E-state index contributed by atoms with van der Waals surface area (Å²) in [6.45, 7) is 1.74. The largest absolute Gasteiger partial charge is 0.407 e. The van der Waals surface area contributed by atoms with Crippen LogP contribution in [0.15, 0.2) is 4.42 Å². The van der Waals surface area contributed by atoms with Crippen molar-refractivity contribution in [2.24, 2.45) is 5.92 Å². The van der Waals surface area contributed by atoms with Crippen molar-refractivity contribution < 1.29 is 4.42 Å². The van der Waals surface area contributed by atoms with Gasteiger partial charge in [0.2, 0.25) is 5.89 Å². The maximum absolute atomic E-state index is 5.63. The standard InChI is InChI=1S/C12H20N4O/c1-16(8-9-3-2-4-9)12-15-14-11(17-12)7-13-10-5-6-10/h9-10,13H,2-8H2,1H3. The Morgan fingerprint density at radius 2 is 2.12 bits per heavy atom. The number of anilines is 1. The Bertz CT molecular complexity index is 370. The van der Waals surface area contributed by atoms with Crippen molar-refractivity contribution in [1.82, 2.24) is 15.5 Å². The summed E-state index contributed by atoms with van der Waals surface area (Å²) >= 11 is 0. The molecule has 1 N–H and O–H groups in total. The van der Waals surface area contributed by atoms with Gasteiger partial charge in [-0.2, -0.15) is 0 Å².